The first kappa shape index (κ1) is 11.7. The molecule has 3 heteroatoms. The summed E-state index contributed by atoms with van der Waals surface area (Å²) in [5.41, 5.74) is 2.84. The number of aromatic amines is 1. The van der Waals surface area contributed by atoms with Crippen LogP contribution in [0.15, 0.2) is 18.3 Å². The molecule has 0 saturated carbocycles. The summed E-state index contributed by atoms with van der Waals surface area (Å²) in [6, 6.07) is 4.31. The summed E-state index contributed by atoms with van der Waals surface area (Å²) in [5, 5.41) is 4.53. The second-order valence-corrected chi connectivity index (χ2v) is 5.32. The highest BCUT2D eigenvalue weighted by atomic mass is 19.1. The van der Waals surface area contributed by atoms with Gasteiger partial charge in [0.15, 0.2) is 0 Å². The van der Waals surface area contributed by atoms with Crippen molar-refractivity contribution in [2.24, 2.45) is 0 Å². The van der Waals surface area contributed by atoms with Gasteiger partial charge in [-0.1, -0.05) is 6.42 Å². The van der Waals surface area contributed by atoms with Crippen molar-refractivity contribution < 1.29 is 4.39 Å². The highest BCUT2D eigenvalue weighted by Gasteiger charge is 2.15. The molecular weight excluding hydrogens is 227 g/mol. The summed E-state index contributed by atoms with van der Waals surface area (Å²) in [4.78, 5) is 3.00. The lowest BCUT2D eigenvalue weighted by Gasteiger charge is -2.23. The zero-order valence-corrected chi connectivity index (χ0v) is 10.7. The van der Waals surface area contributed by atoms with Crippen molar-refractivity contribution in [2.45, 2.75) is 38.6 Å². The zero-order valence-electron chi connectivity index (χ0n) is 10.7. The van der Waals surface area contributed by atoms with Gasteiger partial charge in [0, 0.05) is 17.6 Å². The summed E-state index contributed by atoms with van der Waals surface area (Å²) in [7, 11) is 0. The van der Waals surface area contributed by atoms with E-state index in [-0.39, 0.29) is 5.82 Å². The van der Waals surface area contributed by atoms with E-state index in [1.807, 2.05) is 13.1 Å². The molecular formula is C15H19FN2. The van der Waals surface area contributed by atoms with E-state index >= 15 is 0 Å². The van der Waals surface area contributed by atoms with Crippen LogP contribution in [-0.2, 0) is 6.42 Å². The van der Waals surface area contributed by atoms with Gasteiger partial charge in [0.2, 0.25) is 0 Å². The standard InChI is InChI=1S/C15H19FN2/c1-10-9-18-15-13(10)7-11(8-14(15)16)6-12-4-2-3-5-17-12/h7-9,12,17-18H,2-6H2,1H3. The Labute approximate surface area is 107 Å². The van der Waals surface area contributed by atoms with Crippen LogP contribution in [-0.4, -0.2) is 17.6 Å². The van der Waals surface area contributed by atoms with Crippen molar-refractivity contribution in [1.29, 1.82) is 0 Å². The lowest BCUT2D eigenvalue weighted by atomic mass is 9.96. The Balaban J connectivity index is 1.89. The third-order valence-electron chi connectivity index (χ3n) is 3.90. The van der Waals surface area contributed by atoms with Gasteiger partial charge in [-0.2, -0.15) is 0 Å². The average molecular weight is 246 g/mol. The maximum atomic E-state index is 14.0. The predicted molar refractivity (Wildman–Crippen MR) is 72.3 cm³/mol. The minimum absolute atomic E-state index is 0.133. The number of benzene rings is 1. The van der Waals surface area contributed by atoms with E-state index in [1.165, 1.54) is 19.3 Å². The van der Waals surface area contributed by atoms with E-state index in [1.54, 1.807) is 6.07 Å². The SMILES string of the molecule is Cc1c[nH]c2c(F)cc(CC3CCCCN3)cc12. The third kappa shape index (κ3) is 2.15. The van der Waals surface area contributed by atoms with Gasteiger partial charge in [-0.15, -0.1) is 0 Å². The van der Waals surface area contributed by atoms with Gasteiger partial charge in [0.05, 0.1) is 5.52 Å². The van der Waals surface area contributed by atoms with Crippen LogP contribution in [0.3, 0.4) is 0 Å². The number of piperidine rings is 1. The molecule has 1 saturated heterocycles. The Morgan fingerprint density at radius 1 is 1.33 bits per heavy atom. The van der Waals surface area contributed by atoms with Crippen LogP contribution in [0.25, 0.3) is 10.9 Å². The second-order valence-electron chi connectivity index (χ2n) is 5.32. The molecule has 2 N–H and O–H groups in total. The number of nitrogens with one attached hydrogen (secondary N) is 2. The molecule has 2 nitrogen and oxygen atoms in total. The van der Waals surface area contributed by atoms with Crippen LogP contribution in [0.5, 0.6) is 0 Å². The Hall–Kier alpha value is -1.35. The molecule has 2 aromatic rings. The lowest BCUT2D eigenvalue weighted by molar-refractivity contribution is 0.399. The van der Waals surface area contributed by atoms with E-state index in [0.29, 0.717) is 11.6 Å². The fraction of sp³-hybridized carbons (Fsp3) is 0.467. The molecule has 1 atom stereocenters. The van der Waals surface area contributed by atoms with E-state index < -0.39 is 0 Å². The fourth-order valence-corrected chi connectivity index (χ4v) is 2.88. The van der Waals surface area contributed by atoms with Gasteiger partial charge in [0.1, 0.15) is 5.82 Å². The van der Waals surface area contributed by atoms with Crippen molar-refractivity contribution in [3.63, 3.8) is 0 Å². The molecule has 1 aliphatic rings. The summed E-state index contributed by atoms with van der Waals surface area (Å²) in [6.45, 7) is 3.11. The molecule has 1 unspecified atom stereocenters. The first-order valence-corrected chi connectivity index (χ1v) is 6.73. The monoisotopic (exact) mass is 246 g/mol. The fourth-order valence-electron chi connectivity index (χ4n) is 2.88. The van der Waals surface area contributed by atoms with E-state index in [2.05, 4.69) is 16.4 Å². The normalized spacial score (nSPS) is 20.4. The Morgan fingerprint density at radius 2 is 2.22 bits per heavy atom. The molecule has 1 fully saturated rings. The van der Waals surface area contributed by atoms with Crippen molar-refractivity contribution in [2.75, 3.05) is 6.54 Å². The lowest BCUT2D eigenvalue weighted by Crippen LogP contribution is -2.35. The van der Waals surface area contributed by atoms with Crippen LogP contribution >= 0.6 is 0 Å². The Kier molecular flexibility index (Phi) is 3.08. The summed E-state index contributed by atoms with van der Waals surface area (Å²) in [6.07, 6.45) is 6.55. The minimum atomic E-state index is -0.133. The average Bonchev–Trinajstić information content (AvgIpc) is 2.73. The quantitative estimate of drug-likeness (QED) is 0.836. The van der Waals surface area contributed by atoms with Gasteiger partial charge in [-0.25, -0.2) is 4.39 Å². The number of aromatic nitrogens is 1. The second kappa shape index (κ2) is 4.73. The highest BCUT2D eigenvalue weighted by Crippen LogP contribution is 2.24. The molecule has 1 aromatic heterocycles. The number of rotatable bonds is 2. The van der Waals surface area contributed by atoms with Gasteiger partial charge in [-0.05, 0) is 56.0 Å². The molecule has 0 spiro atoms. The maximum absolute atomic E-state index is 14.0. The molecule has 0 aliphatic carbocycles. The Bertz CT molecular complexity index is 553. The van der Waals surface area contributed by atoms with Gasteiger partial charge >= 0.3 is 0 Å². The number of H-pyrrole nitrogens is 1. The molecule has 2 heterocycles. The van der Waals surface area contributed by atoms with E-state index in [9.17, 15) is 4.39 Å². The van der Waals surface area contributed by atoms with E-state index in [4.69, 9.17) is 0 Å². The van der Waals surface area contributed by atoms with Crippen molar-refractivity contribution in [3.8, 4) is 0 Å². The van der Waals surface area contributed by atoms with Crippen molar-refractivity contribution in [1.82, 2.24) is 10.3 Å². The number of hydrogen-bond donors (Lipinski definition) is 2. The smallest absolute Gasteiger partial charge is 0.147 e. The van der Waals surface area contributed by atoms with Crippen LogP contribution < -0.4 is 5.32 Å². The number of halogens is 1. The maximum Gasteiger partial charge on any atom is 0.147 e. The van der Waals surface area contributed by atoms with Crippen molar-refractivity contribution in [3.05, 3.63) is 35.3 Å². The molecule has 96 valence electrons. The molecule has 0 amide bonds. The van der Waals surface area contributed by atoms with Crippen LogP contribution in [0.4, 0.5) is 4.39 Å². The molecule has 1 aromatic carbocycles. The Morgan fingerprint density at radius 3 is 3.00 bits per heavy atom. The number of hydrogen-bond acceptors (Lipinski definition) is 1. The summed E-state index contributed by atoms with van der Waals surface area (Å²) in [5.74, 6) is -0.133. The summed E-state index contributed by atoms with van der Waals surface area (Å²) >= 11 is 0. The molecule has 18 heavy (non-hydrogen) atoms. The van der Waals surface area contributed by atoms with Crippen molar-refractivity contribution >= 4 is 10.9 Å². The van der Waals surface area contributed by atoms with Gasteiger partial charge in [0.25, 0.3) is 0 Å². The first-order valence-electron chi connectivity index (χ1n) is 6.73. The van der Waals surface area contributed by atoms with Crippen LogP contribution in [0, 0.1) is 12.7 Å². The number of fused-ring (bicyclic) bond motifs is 1. The van der Waals surface area contributed by atoms with Gasteiger partial charge < -0.3 is 10.3 Å². The molecule has 3 rings (SSSR count). The minimum Gasteiger partial charge on any atom is -0.359 e. The highest BCUT2D eigenvalue weighted by molar-refractivity contribution is 5.84. The van der Waals surface area contributed by atoms with Crippen LogP contribution in [0.1, 0.15) is 30.4 Å². The molecule has 0 radical (unpaired) electrons. The molecule has 0 bridgehead atoms. The first-order chi connectivity index (χ1) is 8.74. The van der Waals surface area contributed by atoms with E-state index in [0.717, 1.165) is 29.5 Å². The molecule has 1 aliphatic heterocycles. The summed E-state index contributed by atoms with van der Waals surface area (Å²) < 4.78 is 14.0. The van der Waals surface area contributed by atoms with Crippen LogP contribution in [0.2, 0.25) is 0 Å². The topological polar surface area (TPSA) is 27.8 Å². The largest absolute Gasteiger partial charge is 0.359 e. The zero-order chi connectivity index (χ0) is 12.5. The number of aryl methyl sites for hydroxylation is 1. The third-order valence-corrected chi connectivity index (χ3v) is 3.90. The van der Waals surface area contributed by atoms with Gasteiger partial charge in [-0.3, -0.25) is 0 Å². The predicted octanol–water partition coefficient (Wildman–Crippen LogP) is 3.30.